The molecule has 218 valence electrons. The van der Waals surface area contributed by atoms with Crippen molar-refractivity contribution in [3.05, 3.63) is 0 Å². The molecule has 0 spiro atoms. The summed E-state index contributed by atoms with van der Waals surface area (Å²) in [5, 5.41) is 31.9. The summed E-state index contributed by atoms with van der Waals surface area (Å²) in [6, 6.07) is 0. The van der Waals surface area contributed by atoms with E-state index in [0.717, 1.165) is 51.5 Å². The SMILES string of the molecule is CC[C@H]1[C@@H](O)[C@@H]2[C@H](CC[C@]3(C)[C@@H]([C@H](C)CCOC(=O)N4CCCC(CO)C4)CC[C@@H]23)[C@@]2(C)CC[C@@H](O)C[C@@H]12. The summed E-state index contributed by atoms with van der Waals surface area (Å²) in [4.78, 5) is 14.4. The van der Waals surface area contributed by atoms with Gasteiger partial charge in [-0.2, -0.15) is 0 Å². The molecule has 5 aliphatic rings. The van der Waals surface area contributed by atoms with Crippen LogP contribution in [0.2, 0.25) is 0 Å². The highest BCUT2D eigenvalue weighted by atomic mass is 16.6. The first-order chi connectivity index (χ1) is 18.1. The molecule has 1 aliphatic heterocycles. The summed E-state index contributed by atoms with van der Waals surface area (Å²) in [5.74, 6) is 3.52. The predicted molar refractivity (Wildman–Crippen MR) is 148 cm³/mol. The molecular formula is C32H55NO5. The molecule has 12 atom stereocenters. The average molecular weight is 534 g/mol. The molecule has 0 aromatic heterocycles. The Balaban J connectivity index is 1.23. The van der Waals surface area contributed by atoms with Crippen LogP contribution in [0, 0.1) is 58.2 Å². The number of ether oxygens (including phenoxy) is 1. The van der Waals surface area contributed by atoms with Gasteiger partial charge in [0.25, 0.3) is 0 Å². The molecule has 0 aromatic rings. The Kier molecular flexibility index (Phi) is 8.45. The number of carbonyl (C=O) groups is 1. The van der Waals surface area contributed by atoms with Crippen LogP contribution >= 0.6 is 0 Å². The lowest BCUT2D eigenvalue weighted by Gasteiger charge is -2.64. The van der Waals surface area contributed by atoms with E-state index in [1.54, 1.807) is 4.90 Å². The van der Waals surface area contributed by atoms with Crippen LogP contribution in [0.5, 0.6) is 0 Å². The number of nitrogens with zero attached hydrogens (tertiary/aromatic N) is 1. The zero-order valence-corrected chi connectivity index (χ0v) is 24.5. The fraction of sp³-hybridized carbons (Fsp3) is 0.969. The van der Waals surface area contributed by atoms with E-state index in [4.69, 9.17) is 4.74 Å². The van der Waals surface area contributed by atoms with Gasteiger partial charge in [0.1, 0.15) is 0 Å². The maximum atomic E-state index is 12.7. The van der Waals surface area contributed by atoms with Crippen molar-refractivity contribution in [2.45, 2.75) is 111 Å². The van der Waals surface area contributed by atoms with Crippen LogP contribution in [0.1, 0.15) is 98.3 Å². The fourth-order valence-corrected chi connectivity index (χ4v) is 10.9. The van der Waals surface area contributed by atoms with Crippen molar-refractivity contribution in [2.24, 2.45) is 58.2 Å². The monoisotopic (exact) mass is 533 g/mol. The Hall–Kier alpha value is -0.850. The van der Waals surface area contributed by atoms with E-state index < -0.39 is 0 Å². The third-order valence-electron chi connectivity index (χ3n) is 13.0. The summed E-state index contributed by atoms with van der Waals surface area (Å²) in [6.45, 7) is 11.6. The lowest BCUT2D eigenvalue weighted by molar-refractivity contribution is -0.203. The summed E-state index contributed by atoms with van der Waals surface area (Å²) in [5.41, 5.74) is 0.481. The van der Waals surface area contributed by atoms with Crippen LogP contribution in [-0.2, 0) is 4.74 Å². The molecule has 5 fully saturated rings. The molecule has 5 rings (SSSR count). The minimum atomic E-state index is -0.250. The van der Waals surface area contributed by atoms with Crippen molar-refractivity contribution in [1.82, 2.24) is 4.90 Å². The maximum Gasteiger partial charge on any atom is 0.409 e. The number of hydrogen-bond donors (Lipinski definition) is 3. The number of amides is 1. The van der Waals surface area contributed by atoms with Gasteiger partial charge in [-0.25, -0.2) is 4.79 Å². The first-order valence-electron chi connectivity index (χ1n) is 16.0. The van der Waals surface area contributed by atoms with Gasteiger partial charge in [-0.3, -0.25) is 0 Å². The Bertz CT molecular complexity index is 837. The number of likely N-dealkylation sites (tertiary alicyclic amines) is 1. The lowest BCUT2D eigenvalue weighted by Crippen LogP contribution is -2.62. The van der Waals surface area contributed by atoms with E-state index in [9.17, 15) is 20.1 Å². The quantitative estimate of drug-likeness (QED) is 0.421. The number of aliphatic hydroxyl groups is 3. The van der Waals surface area contributed by atoms with Crippen LogP contribution in [0.3, 0.4) is 0 Å². The van der Waals surface area contributed by atoms with Gasteiger partial charge in [-0.1, -0.05) is 34.1 Å². The summed E-state index contributed by atoms with van der Waals surface area (Å²) in [6.07, 6.45) is 10.9. The predicted octanol–water partition coefficient (Wildman–Crippen LogP) is 5.48. The minimum absolute atomic E-state index is 0.138. The topological polar surface area (TPSA) is 90.2 Å². The second-order valence-corrected chi connectivity index (χ2v) is 14.6. The van der Waals surface area contributed by atoms with E-state index in [2.05, 4.69) is 27.7 Å². The van der Waals surface area contributed by atoms with Gasteiger partial charge in [0.05, 0.1) is 18.8 Å². The van der Waals surface area contributed by atoms with Gasteiger partial charge in [0, 0.05) is 19.7 Å². The Morgan fingerprint density at radius 3 is 2.50 bits per heavy atom. The summed E-state index contributed by atoms with van der Waals surface area (Å²) >= 11 is 0. The van der Waals surface area contributed by atoms with E-state index in [1.165, 1.54) is 25.7 Å². The molecule has 0 aromatic carbocycles. The smallest absolute Gasteiger partial charge is 0.409 e. The van der Waals surface area contributed by atoms with Crippen molar-refractivity contribution < 1.29 is 24.9 Å². The van der Waals surface area contributed by atoms with Gasteiger partial charge in [0.2, 0.25) is 0 Å². The van der Waals surface area contributed by atoms with Crippen molar-refractivity contribution in [2.75, 3.05) is 26.3 Å². The molecule has 6 nitrogen and oxygen atoms in total. The summed E-state index contributed by atoms with van der Waals surface area (Å²) in [7, 11) is 0. The average Bonchev–Trinajstić information content (AvgIpc) is 3.27. The molecule has 0 bridgehead atoms. The first kappa shape index (κ1) is 28.7. The van der Waals surface area contributed by atoms with Crippen LogP contribution in [-0.4, -0.2) is 64.8 Å². The molecule has 3 N–H and O–H groups in total. The summed E-state index contributed by atoms with van der Waals surface area (Å²) < 4.78 is 5.73. The maximum absolute atomic E-state index is 12.7. The number of rotatable bonds is 6. The normalized spacial score (nSPS) is 47.6. The molecular weight excluding hydrogens is 478 g/mol. The van der Waals surface area contributed by atoms with Crippen LogP contribution in [0.25, 0.3) is 0 Å². The van der Waals surface area contributed by atoms with E-state index >= 15 is 0 Å². The van der Waals surface area contributed by atoms with Crippen LogP contribution in [0.4, 0.5) is 4.79 Å². The van der Waals surface area contributed by atoms with Crippen molar-refractivity contribution >= 4 is 6.09 Å². The van der Waals surface area contributed by atoms with Crippen molar-refractivity contribution in [1.29, 1.82) is 0 Å². The third kappa shape index (κ3) is 4.83. The van der Waals surface area contributed by atoms with Crippen LogP contribution < -0.4 is 0 Å². The Morgan fingerprint density at radius 2 is 1.76 bits per heavy atom. The van der Waals surface area contributed by atoms with Gasteiger partial charge < -0.3 is 25.0 Å². The molecule has 1 amide bonds. The van der Waals surface area contributed by atoms with Crippen molar-refractivity contribution in [3.8, 4) is 0 Å². The molecule has 1 saturated heterocycles. The van der Waals surface area contributed by atoms with Crippen LogP contribution in [0.15, 0.2) is 0 Å². The number of fused-ring (bicyclic) bond motifs is 5. The van der Waals surface area contributed by atoms with Gasteiger partial charge >= 0.3 is 6.09 Å². The highest BCUT2D eigenvalue weighted by molar-refractivity contribution is 5.67. The molecule has 4 aliphatic carbocycles. The van der Waals surface area contributed by atoms with Gasteiger partial charge in [-0.15, -0.1) is 0 Å². The second kappa shape index (κ2) is 11.2. The molecule has 1 heterocycles. The lowest BCUT2D eigenvalue weighted by atomic mass is 9.41. The minimum Gasteiger partial charge on any atom is -0.449 e. The van der Waals surface area contributed by atoms with E-state index in [0.29, 0.717) is 54.6 Å². The largest absolute Gasteiger partial charge is 0.449 e. The second-order valence-electron chi connectivity index (χ2n) is 14.6. The molecule has 38 heavy (non-hydrogen) atoms. The van der Waals surface area contributed by atoms with Gasteiger partial charge in [0.15, 0.2) is 0 Å². The highest BCUT2D eigenvalue weighted by Gasteiger charge is 2.64. The van der Waals surface area contributed by atoms with Crippen molar-refractivity contribution in [3.63, 3.8) is 0 Å². The molecule has 0 radical (unpaired) electrons. The zero-order chi connectivity index (χ0) is 27.2. The fourth-order valence-electron chi connectivity index (χ4n) is 10.9. The molecule has 6 heteroatoms. The standard InChI is InChI=1S/C32H55NO5/c1-5-23-27-17-22(35)10-13-32(27,4)26-11-14-31(3)24(8-9-25(31)28(26)29(23)36)20(2)12-16-38-30(37)33-15-6-7-21(18-33)19-34/h20-29,34-36H,5-19H2,1-4H3/t20-,21?,22-,23-,24-,25+,26+,27+,28+,29-,31-,32-/m1/s1. The zero-order valence-electron chi connectivity index (χ0n) is 24.5. The molecule has 1 unspecified atom stereocenters. The Labute approximate surface area is 230 Å². The van der Waals surface area contributed by atoms with E-state index in [-0.39, 0.29) is 41.7 Å². The number of piperidine rings is 1. The van der Waals surface area contributed by atoms with Gasteiger partial charge in [-0.05, 0) is 122 Å². The Morgan fingerprint density at radius 1 is 1.03 bits per heavy atom. The number of carbonyl (C=O) groups excluding carboxylic acids is 1. The number of aliphatic hydroxyl groups excluding tert-OH is 3. The number of hydrogen-bond acceptors (Lipinski definition) is 5. The molecule has 4 saturated carbocycles. The van der Waals surface area contributed by atoms with E-state index in [1.807, 2.05) is 0 Å². The first-order valence-corrected chi connectivity index (χ1v) is 16.0. The third-order valence-corrected chi connectivity index (χ3v) is 13.0. The highest BCUT2D eigenvalue weighted by Crippen LogP contribution is 2.69.